The highest BCUT2D eigenvalue weighted by Gasteiger charge is 2.11. The van der Waals surface area contributed by atoms with Gasteiger partial charge in [-0.2, -0.15) is 5.26 Å². The van der Waals surface area contributed by atoms with E-state index in [0.29, 0.717) is 0 Å². The van der Waals surface area contributed by atoms with E-state index < -0.39 is 11.8 Å². The van der Waals surface area contributed by atoms with Crippen molar-refractivity contribution in [2.45, 2.75) is 13.3 Å². The molecule has 0 aliphatic carbocycles. The maximum atomic E-state index is 13.4. The van der Waals surface area contributed by atoms with Crippen molar-refractivity contribution in [3.8, 4) is 6.07 Å². The Morgan fingerprint density at radius 2 is 2.29 bits per heavy atom. The number of hydrogen-bond acceptors (Lipinski definition) is 2. The second kappa shape index (κ2) is 3.88. The van der Waals surface area contributed by atoms with Crippen LogP contribution in [0.5, 0.6) is 0 Å². The summed E-state index contributed by atoms with van der Waals surface area (Å²) in [5.41, 5.74) is 0.539. The van der Waals surface area contributed by atoms with Crippen molar-refractivity contribution in [1.82, 2.24) is 0 Å². The first-order valence-corrected chi connectivity index (χ1v) is 3.96. The molecule has 1 N–H and O–H groups in total. The molecule has 0 saturated heterocycles. The summed E-state index contributed by atoms with van der Waals surface area (Å²) >= 11 is 0. The average Bonchev–Trinajstić information content (AvgIpc) is 2.13. The van der Waals surface area contributed by atoms with Crippen LogP contribution in [-0.2, 0) is 11.2 Å². The Morgan fingerprint density at radius 3 is 2.79 bits per heavy atom. The van der Waals surface area contributed by atoms with Gasteiger partial charge < -0.3 is 5.11 Å². The molecule has 0 radical (unpaired) electrons. The summed E-state index contributed by atoms with van der Waals surface area (Å²) in [6.07, 6.45) is -0.363. The average molecular weight is 193 g/mol. The Balaban J connectivity index is 3.18. The zero-order chi connectivity index (χ0) is 10.7. The third kappa shape index (κ3) is 1.88. The number of benzene rings is 1. The zero-order valence-electron chi connectivity index (χ0n) is 7.54. The molecule has 0 saturated carbocycles. The molecule has 0 amide bonds. The molecule has 0 unspecified atom stereocenters. The first-order chi connectivity index (χ1) is 6.56. The van der Waals surface area contributed by atoms with Crippen molar-refractivity contribution in [1.29, 1.82) is 5.26 Å². The Labute approximate surface area is 80.4 Å². The molecule has 0 atom stereocenters. The van der Waals surface area contributed by atoms with Gasteiger partial charge in [-0.05, 0) is 18.6 Å². The van der Waals surface area contributed by atoms with Crippen molar-refractivity contribution < 1.29 is 14.3 Å². The van der Waals surface area contributed by atoms with Gasteiger partial charge in [0.15, 0.2) is 0 Å². The topological polar surface area (TPSA) is 61.1 Å². The van der Waals surface area contributed by atoms with E-state index in [0.717, 1.165) is 0 Å². The minimum absolute atomic E-state index is 0.106. The smallest absolute Gasteiger partial charge is 0.307 e. The number of aliphatic carboxylic acids is 1. The van der Waals surface area contributed by atoms with E-state index in [2.05, 4.69) is 0 Å². The number of carboxylic acid groups (broad SMARTS) is 1. The van der Waals surface area contributed by atoms with E-state index >= 15 is 0 Å². The molecule has 1 aromatic rings. The van der Waals surface area contributed by atoms with Crippen LogP contribution in [0.3, 0.4) is 0 Å². The van der Waals surface area contributed by atoms with E-state index in [1.807, 2.05) is 6.07 Å². The molecule has 0 heterocycles. The quantitative estimate of drug-likeness (QED) is 0.776. The van der Waals surface area contributed by atoms with E-state index in [4.69, 9.17) is 10.4 Å². The minimum atomic E-state index is -1.09. The first-order valence-electron chi connectivity index (χ1n) is 3.96. The third-order valence-electron chi connectivity index (χ3n) is 1.93. The van der Waals surface area contributed by atoms with Crippen molar-refractivity contribution in [3.05, 3.63) is 34.6 Å². The number of hydrogen-bond donors (Lipinski definition) is 1. The zero-order valence-corrected chi connectivity index (χ0v) is 7.54. The van der Waals surface area contributed by atoms with Crippen LogP contribution >= 0.6 is 0 Å². The molecular formula is C10H8FNO2. The van der Waals surface area contributed by atoms with Crippen molar-refractivity contribution in [2.75, 3.05) is 0 Å². The Morgan fingerprint density at radius 1 is 1.64 bits per heavy atom. The summed E-state index contributed by atoms with van der Waals surface area (Å²) in [5.74, 6) is -1.69. The van der Waals surface area contributed by atoms with Gasteiger partial charge >= 0.3 is 5.97 Å². The molecule has 0 aliphatic heterocycles. The van der Waals surface area contributed by atoms with Gasteiger partial charge in [0, 0.05) is 5.56 Å². The molecule has 0 aromatic heterocycles. The number of nitriles is 1. The van der Waals surface area contributed by atoms with Crippen LogP contribution in [0.4, 0.5) is 4.39 Å². The Kier molecular flexibility index (Phi) is 2.82. The second-order valence-corrected chi connectivity index (χ2v) is 2.89. The molecule has 1 rings (SSSR count). The van der Waals surface area contributed by atoms with Crippen LogP contribution in [-0.4, -0.2) is 11.1 Å². The highest BCUT2D eigenvalue weighted by molar-refractivity contribution is 5.70. The van der Waals surface area contributed by atoms with Gasteiger partial charge in [0.1, 0.15) is 5.82 Å². The molecule has 72 valence electrons. The standard InChI is InChI=1S/C10H8FNO2/c1-6-8(5-12)3-2-7(10(6)11)4-9(13)14/h2-3H,4H2,1H3,(H,13,14). The molecule has 3 nitrogen and oxygen atoms in total. The summed E-state index contributed by atoms with van der Waals surface area (Å²) in [5, 5.41) is 17.1. The van der Waals surface area contributed by atoms with Crippen molar-refractivity contribution >= 4 is 5.97 Å². The van der Waals surface area contributed by atoms with Gasteiger partial charge in [-0.1, -0.05) is 6.07 Å². The lowest BCUT2D eigenvalue weighted by atomic mass is 10.0. The molecule has 0 aliphatic rings. The number of carbonyl (C=O) groups is 1. The lowest BCUT2D eigenvalue weighted by Gasteiger charge is -2.04. The number of rotatable bonds is 2. The Bertz CT molecular complexity index is 421. The normalized spacial score (nSPS) is 9.50. The molecular weight excluding hydrogens is 185 g/mol. The van der Waals surface area contributed by atoms with Crippen LogP contribution in [0.1, 0.15) is 16.7 Å². The number of halogens is 1. The number of carboxylic acids is 1. The first kappa shape index (κ1) is 10.2. The van der Waals surface area contributed by atoms with E-state index in [1.165, 1.54) is 19.1 Å². The maximum absolute atomic E-state index is 13.4. The molecule has 4 heteroatoms. The molecule has 0 fully saturated rings. The largest absolute Gasteiger partial charge is 0.481 e. The molecule has 1 aromatic carbocycles. The fourth-order valence-corrected chi connectivity index (χ4v) is 1.16. The summed E-state index contributed by atoms with van der Waals surface area (Å²) in [7, 11) is 0. The van der Waals surface area contributed by atoms with E-state index in [1.54, 1.807) is 0 Å². The van der Waals surface area contributed by atoms with E-state index in [9.17, 15) is 9.18 Å². The second-order valence-electron chi connectivity index (χ2n) is 2.89. The lowest BCUT2D eigenvalue weighted by Crippen LogP contribution is -2.04. The van der Waals surface area contributed by atoms with Crippen molar-refractivity contribution in [2.24, 2.45) is 0 Å². The van der Waals surface area contributed by atoms with Crippen LogP contribution in [0.15, 0.2) is 12.1 Å². The molecule has 0 spiro atoms. The van der Waals surface area contributed by atoms with Gasteiger partial charge in [0.2, 0.25) is 0 Å². The molecule has 0 bridgehead atoms. The highest BCUT2D eigenvalue weighted by Crippen LogP contribution is 2.16. The predicted molar refractivity (Wildman–Crippen MR) is 47.2 cm³/mol. The van der Waals surface area contributed by atoms with Gasteiger partial charge in [0.25, 0.3) is 0 Å². The highest BCUT2D eigenvalue weighted by atomic mass is 19.1. The van der Waals surface area contributed by atoms with Gasteiger partial charge in [-0.25, -0.2) is 4.39 Å². The third-order valence-corrected chi connectivity index (χ3v) is 1.93. The predicted octanol–water partition coefficient (Wildman–Crippen LogP) is 1.63. The molecule has 14 heavy (non-hydrogen) atoms. The maximum Gasteiger partial charge on any atom is 0.307 e. The lowest BCUT2D eigenvalue weighted by molar-refractivity contribution is -0.136. The Hall–Kier alpha value is -1.89. The van der Waals surface area contributed by atoms with Crippen LogP contribution in [0.2, 0.25) is 0 Å². The van der Waals surface area contributed by atoms with Crippen LogP contribution in [0, 0.1) is 24.1 Å². The summed E-state index contributed by atoms with van der Waals surface area (Å²) in [6.45, 7) is 1.46. The number of nitrogens with zero attached hydrogens (tertiary/aromatic N) is 1. The summed E-state index contributed by atoms with van der Waals surface area (Å²) < 4.78 is 13.4. The van der Waals surface area contributed by atoms with Crippen molar-refractivity contribution in [3.63, 3.8) is 0 Å². The fraction of sp³-hybridized carbons (Fsp3) is 0.200. The van der Waals surface area contributed by atoms with Gasteiger partial charge in [-0.15, -0.1) is 0 Å². The summed E-state index contributed by atoms with van der Waals surface area (Å²) in [6, 6.07) is 4.58. The fourth-order valence-electron chi connectivity index (χ4n) is 1.16. The van der Waals surface area contributed by atoms with Gasteiger partial charge in [0.05, 0.1) is 18.1 Å². The van der Waals surface area contributed by atoms with Crippen LogP contribution < -0.4 is 0 Å². The monoisotopic (exact) mass is 193 g/mol. The SMILES string of the molecule is Cc1c(C#N)ccc(CC(=O)O)c1F. The van der Waals surface area contributed by atoms with E-state index in [-0.39, 0.29) is 23.1 Å². The van der Waals surface area contributed by atoms with Crippen LogP contribution in [0.25, 0.3) is 0 Å². The minimum Gasteiger partial charge on any atom is -0.481 e. The van der Waals surface area contributed by atoms with Gasteiger partial charge in [-0.3, -0.25) is 4.79 Å². The summed E-state index contributed by atoms with van der Waals surface area (Å²) in [4.78, 5) is 10.4.